The molecule has 0 saturated carbocycles. The number of aromatic nitrogens is 1. The molecule has 1 aromatic carbocycles. The van der Waals surface area contributed by atoms with Crippen molar-refractivity contribution in [1.82, 2.24) is 4.98 Å². The van der Waals surface area contributed by atoms with Gasteiger partial charge in [0.1, 0.15) is 11.3 Å². The van der Waals surface area contributed by atoms with Gasteiger partial charge in [0.05, 0.1) is 5.69 Å². The second-order valence-electron chi connectivity index (χ2n) is 5.93. The van der Waals surface area contributed by atoms with E-state index in [0.717, 1.165) is 0 Å². The van der Waals surface area contributed by atoms with E-state index in [1.54, 1.807) is 26.0 Å². The van der Waals surface area contributed by atoms with E-state index in [1.807, 2.05) is 0 Å². The van der Waals surface area contributed by atoms with Gasteiger partial charge in [0.25, 0.3) is 5.91 Å². The molecular formula is C19H20N2O6. The number of hydrogen-bond donors (Lipinski definition) is 2. The standard InChI is InChI=1S/C19H20N2O6/c1-10-17(12(3)22)11(2)21-18(10)14(23)8-27-19(25)13-6-4-5-7-15(13)26-9-16(20)24/h4-7,21H,8-9H2,1-3H3,(H2,20,24). The molecule has 1 heterocycles. The summed E-state index contributed by atoms with van der Waals surface area (Å²) in [6.07, 6.45) is 0. The molecule has 1 amide bonds. The van der Waals surface area contributed by atoms with E-state index in [4.69, 9.17) is 15.2 Å². The van der Waals surface area contributed by atoms with Crippen LogP contribution < -0.4 is 10.5 Å². The summed E-state index contributed by atoms with van der Waals surface area (Å²) in [5.41, 5.74) is 6.87. The number of carbonyl (C=O) groups excluding carboxylic acids is 4. The lowest BCUT2D eigenvalue weighted by Gasteiger charge is -2.10. The van der Waals surface area contributed by atoms with Crippen molar-refractivity contribution in [3.63, 3.8) is 0 Å². The third kappa shape index (κ3) is 4.60. The highest BCUT2D eigenvalue weighted by Gasteiger charge is 2.22. The lowest BCUT2D eigenvalue weighted by atomic mass is 10.1. The van der Waals surface area contributed by atoms with Crippen molar-refractivity contribution in [3.8, 4) is 5.75 Å². The fourth-order valence-electron chi connectivity index (χ4n) is 2.75. The molecule has 0 aliphatic carbocycles. The van der Waals surface area contributed by atoms with Crippen molar-refractivity contribution in [2.75, 3.05) is 13.2 Å². The molecule has 0 unspecified atom stereocenters. The van der Waals surface area contributed by atoms with Gasteiger partial charge in [0, 0.05) is 11.3 Å². The molecule has 2 rings (SSSR count). The fraction of sp³-hybridized carbons (Fsp3) is 0.263. The number of Topliss-reactive ketones (excluding diaryl/α,β-unsaturated/α-hetero) is 2. The molecule has 27 heavy (non-hydrogen) atoms. The molecule has 0 aliphatic rings. The zero-order valence-electron chi connectivity index (χ0n) is 15.3. The summed E-state index contributed by atoms with van der Waals surface area (Å²) < 4.78 is 10.2. The quantitative estimate of drug-likeness (QED) is 0.536. The molecule has 142 valence electrons. The molecule has 0 saturated heterocycles. The number of ether oxygens (including phenoxy) is 2. The van der Waals surface area contributed by atoms with Crippen LogP contribution in [0.15, 0.2) is 24.3 Å². The van der Waals surface area contributed by atoms with Gasteiger partial charge in [0.2, 0.25) is 5.78 Å². The first kappa shape index (κ1) is 19.9. The van der Waals surface area contributed by atoms with Crippen molar-refractivity contribution in [1.29, 1.82) is 0 Å². The van der Waals surface area contributed by atoms with E-state index in [9.17, 15) is 19.2 Å². The Morgan fingerprint density at radius 1 is 1.07 bits per heavy atom. The van der Waals surface area contributed by atoms with Crippen LogP contribution in [0.4, 0.5) is 0 Å². The second kappa shape index (κ2) is 8.31. The Balaban J connectivity index is 2.10. The molecule has 8 heteroatoms. The number of esters is 1. The van der Waals surface area contributed by atoms with Gasteiger partial charge in [-0.05, 0) is 38.5 Å². The SMILES string of the molecule is CC(=O)c1c(C)[nH]c(C(=O)COC(=O)c2ccccc2OCC(N)=O)c1C. The van der Waals surface area contributed by atoms with Crippen molar-refractivity contribution >= 4 is 23.4 Å². The molecule has 8 nitrogen and oxygen atoms in total. The second-order valence-corrected chi connectivity index (χ2v) is 5.93. The van der Waals surface area contributed by atoms with Crippen molar-refractivity contribution in [2.24, 2.45) is 5.73 Å². The van der Waals surface area contributed by atoms with Crippen LogP contribution in [0.25, 0.3) is 0 Å². The molecule has 3 N–H and O–H groups in total. The van der Waals surface area contributed by atoms with Gasteiger partial charge in [0.15, 0.2) is 19.0 Å². The van der Waals surface area contributed by atoms with Gasteiger partial charge in [-0.1, -0.05) is 12.1 Å². The maximum atomic E-state index is 12.4. The maximum Gasteiger partial charge on any atom is 0.342 e. The number of nitrogens with two attached hydrogens (primary N) is 1. The molecule has 0 atom stereocenters. The molecule has 1 aromatic heterocycles. The summed E-state index contributed by atoms with van der Waals surface area (Å²) in [6, 6.07) is 6.14. The molecule has 0 spiro atoms. The van der Waals surface area contributed by atoms with E-state index in [1.165, 1.54) is 19.1 Å². The minimum absolute atomic E-state index is 0.0652. The van der Waals surface area contributed by atoms with E-state index in [0.29, 0.717) is 16.8 Å². The molecule has 2 aromatic rings. The van der Waals surface area contributed by atoms with Crippen molar-refractivity contribution in [3.05, 3.63) is 52.3 Å². The van der Waals surface area contributed by atoms with Crippen LogP contribution in [-0.2, 0) is 9.53 Å². The first-order chi connectivity index (χ1) is 12.7. The van der Waals surface area contributed by atoms with Crippen LogP contribution in [0.2, 0.25) is 0 Å². The van der Waals surface area contributed by atoms with Crippen molar-refractivity contribution in [2.45, 2.75) is 20.8 Å². The zero-order chi connectivity index (χ0) is 20.1. The number of aryl methyl sites for hydroxylation is 1. The fourth-order valence-corrected chi connectivity index (χ4v) is 2.75. The monoisotopic (exact) mass is 372 g/mol. The average molecular weight is 372 g/mol. The smallest absolute Gasteiger partial charge is 0.342 e. The average Bonchev–Trinajstić information content (AvgIpc) is 2.92. The first-order valence-electron chi connectivity index (χ1n) is 8.13. The summed E-state index contributed by atoms with van der Waals surface area (Å²) >= 11 is 0. The first-order valence-corrected chi connectivity index (χ1v) is 8.13. The zero-order valence-corrected chi connectivity index (χ0v) is 15.3. The van der Waals surface area contributed by atoms with Crippen LogP contribution in [0.3, 0.4) is 0 Å². The molecule has 0 radical (unpaired) electrons. The lowest BCUT2D eigenvalue weighted by Crippen LogP contribution is -2.21. The van der Waals surface area contributed by atoms with Crippen LogP contribution in [0.1, 0.15) is 49.4 Å². The predicted octanol–water partition coefficient (Wildman–Crippen LogP) is 1.74. The van der Waals surface area contributed by atoms with E-state index >= 15 is 0 Å². The summed E-state index contributed by atoms with van der Waals surface area (Å²) in [5.74, 6) is -1.97. The van der Waals surface area contributed by atoms with E-state index in [2.05, 4.69) is 4.98 Å². The van der Waals surface area contributed by atoms with Gasteiger partial charge < -0.3 is 20.2 Å². The molecule has 0 bridgehead atoms. The number of primary amides is 1. The van der Waals surface area contributed by atoms with Gasteiger partial charge >= 0.3 is 5.97 Å². The highest BCUT2D eigenvalue weighted by atomic mass is 16.5. The number of amides is 1. The lowest BCUT2D eigenvalue weighted by molar-refractivity contribution is -0.119. The van der Waals surface area contributed by atoms with E-state index < -0.39 is 30.9 Å². The van der Waals surface area contributed by atoms with Crippen LogP contribution in [0.5, 0.6) is 5.75 Å². The van der Waals surface area contributed by atoms with Gasteiger partial charge in [-0.3, -0.25) is 14.4 Å². The minimum Gasteiger partial charge on any atom is -0.483 e. The normalized spacial score (nSPS) is 10.3. The number of carbonyl (C=O) groups is 4. The minimum atomic E-state index is -0.781. The largest absolute Gasteiger partial charge is 0.483 e. The van der Waals surface area contributed by atoms with Crippen LogP contribution in [-0.4, -0.2) is 41.6 Å². The number of aromatic amines is 1. The molecule has 0 fully saturated rings. The number of ketones is 2. The van der Waals surface area contributed by atoms with Crippen LogP contribution >= 0.6 is 0 Å². The Kier molecular flexibility index (Phi) is 6.12. The van der Waals surface area contributed by atoms with Gasteiger partial charge in [-0.15, -0.1) is 0 Å². The Morgan fingerprint density at radius 2 is 1.74 bits per heavy atom. The Hall–Kier alpha value is -3.42. The number of H-pyrrole nitrogens is 1. The van der Waals surface area contributed by atoms with Gasteiger partial charge in [-0.25, -0.2) is 4.79 Å². The summed E-state index contributed by atoms with van der Waals surface area (Å²) in [7, 11) is 0. The molecular weight excluding hydrogens is 352 g/mol. The number of hydrogen-bond acceptors (Lipinski definition) is 6. The highest BCUT2D eigenvalue weighted by molar-refractivity contribution is 6.04. The highest BCUT2D eigenvalue weighted by Crippen LogP contribution is 2.21. The third-order valence-electron chi connectivity index (χ3n) is 3.88. The summed E-state index contributed by atoms with van der Waals surface area (Å²) in [4.78, 5) is 50.0. The Labute approximate surface area is 155 Å². The number of benzene rings is 1. The topological polar surface area (TPSA) is 129 Å². The number of para-hydroxylation sites is 1. The van der Waals surface area contributed by atoms with Crippen LogP contribution in [0, 0.1) is 13.8 Å². The maximum absolute atomic E-state index is 12.4. The predicted molar refractivity (Wildman–Crippen MR) is 96.0 cm³/mol. The van der Waals surface area contributed by atoms with E-state index in [-0.39, 0.29) is 22.8 Å². The summed E-state index contributed by atoms with van der Waals surface area (Å²) in [6.45, 7) is 3.86. The van der Waals surface area contributed by atoms with Gasteiger partial charge in [-0.2, -0.15) is 0 Å². The number of rotatable bonds is 8. The van der Waals surface area contributed by atoms with Crippen molar-refractivity contribution < 1.29 is 28.7 Å². The Morgan fingerprint density at radius 3 is 2.33 bits per heavy atom. The summed E-state index contributed by atoms with van der Waals surface area (Å²) in [5, 5.41) is 0. The Bertz CT molecular complexity index is 913. The molecule has 0 aliphatic heterocycles. The third-order valence-corrected chi connectivity index (χ3v) is 3.88. The number of nitrogens with one attached hydrogen (secondary N) is 1.